The summed E-state index contributed by atoms with van der Waals surface area (Å²) in [7, 11) is 0. The van der Waals surface area contributed by atoms with Gasteiger partial charge in [-0.1, -0.05) is 57.6 Å². The molecule has 5 heteroatoms. The van der Waals surface area contributed by atoms with Gasteiger partial charge in [0, 0.05) is 6.61 Å². The van der Waals surface area contributed by atoms with Gasteiger partial charge in [-0.15, -0.1) is 0 Å². The van der Waals surface area contributed by atoms with Crippen LogP contribution in [-0.2, 0) is 9.47 Å². The molecule has 0 unspecified atom stereocenters. The summed E-state index contributed by atoms with van der Waals surface area (Å²) < 4.78 is 10.9. The monoisotopic (exact) mass is 358 g/mol. The molecule has 0 spiro atoms. The molecular formula is C20H38O5. The third-order valence-electron chi connectivity index (χ3n) is 4.72. The first-order chi connectivity index (χ1) is 12.2. The Bertz CT molecular complexity index is 334. The van der Waals surface area contributed by atoms with Crippen LogP contribution in [0.25, 0.3) is 0 Å². The summed E-state index contributed by atoms with van der Waals surface area (Å²) in [5.41, 5.74) is 0. The molecule has 1 saturated heterocycles. The molecule has 1 heterocycles. The van der Waals surface area contributed by atoms with Gasteiger partial charge in [-0.2, -0.15) is 0 Å². The van der Waals surface area contributed by atoms with Crippen molar-refractivity contribution >= 4 is 0 Å². The maximum absolute atomic E-state index is 10.0. The van der Waals surface area contributed by atoms with Crippen molar-refractivity contribution in [3.8, 4) is 0 Å². The molecule has 0 radical (unpaired) electrons. The highest BCUT2D eigenvalue weighted by Gasteiger charge is 2.40. The van der Waals surface area contributed by atoms with Crippen molar-refractivity contribution in [1.29, 1.82) is 0 Å². The number of aliphatic hydroxyl groups is 3. The highest BCUT2D eigenvalue weighted by Crippen LogP contribution is 2.20. The van der Waals surface area contributed by atoms with Gasteiger partial charge in [0.05, 0.1) is 13.2 Å². The fourth-order valence-electron chi connectivity index (χ4n) is 3.09. The van der Waals surface area contributed by atoms with E-state index in [4.69, 9.17) is 14.6 Å². The summed E-state index contributed by atoms with van der Waals surface area (Å²) in [6.45, 7) is 2.65. The molecule has 0 aromatic carbocycles. The van der Waals surface area contributed by atoms with Crippen molar-refractivity contribution in [3.05, 3.63) is 12.2 Å². The normalized spacial score (nSPS) is 25.0. The van der Waals surface area contributed by atoms with Crippen LogP contribution < -0.4 is 0 Å². The van der Waals surface area contributed by atoms with Gasteiger partial charge in [-0.25, -0.2) is 0 Å². The third-order valence-corrected chi connectivity index (χ3v) is 4.72. The highest BCUT2D eigenvalue weighted by atomic mass is 16.6. The molecule has 4 atom stereocenters. The maximum atomic E-state index is 10.0. The quantitative estimate of drug-likeness (QED) is 0.310. The Morgan fingerprint density at radius 3 is 2.36 bits per heavy atom. The topological polar surface area (TPSA) is 79.2 Å². The Hall–Kier alpha value is -0.460. The molecule has 0 bridgehead atoms. The lowest BCUT2D eigenvalue weighted by atomic mass is 10.1. The van der Waals surface area contributed by atoms with E-state index in [1.54, 1.807) is 0 Å². The van der Waals surface area contributed by atoms with Crippen LogP contribution >= 0.6 is 0 Å². The summed E-state index contributed by atoms with van der Waals surface area (Å²) in [6.07, 6.45) is 13.8. The van der Waals surface area contributed by atoms with Gasteiger partial charge in [-0.05, 0) is 25.7 Å². The molecule has 1 aliphatic heterocycles. The van der Waals surface area contributed by atoms with Crippen molar-refractivity contribution < 1.29 is 24.8 Å². The van der Waals surface area contributed by atoms with Crippen LogP contribution in [0.5, 0.6) is 0 Å². The zero-order chi connectivity index (χ0) is 18.3. The zero-order valence-corrected chi connectivity index (χ0v) is 15.8. The van der Waals surface area contributed by atoms with Crippen LogP contribution in [0.2, 0.25) is 0 Å². The average Bonchev–Trinajstić information content (AvgIpc) is 2.99. The van der Waals surface area contributed by atoms with E-state index in [-0.39, 0.29) is 6.61 Å². The van der Waals surface area contributed by atoms with E-state index in [0.717, 1.165) is 19.3 Å². The molecule has 0 aromatic rings. The van der Waals surface area contributed by atoms with Crippen molar-refractivity contribution in [2.24, 2.45) is 0 Å². The van der Waals surface area contributed by atoms with Gasteiger partial charge in [0.2, 0.25) is 0 Å². The summed E-state index contributed by atoms with van der Waals surface area (Å²) in [5, 5.41) is 28.4. The largest absolute Gasteiger partial charge is 0.394 e. The molecule has 1 fully saturated rings. The maximum Gasteiger partial charge on any atom is 0.114 e. The number of hydrogen-bond acceptors (Lipinski definition) is 5. The molecule has 1 aliphatic rings. The Kier molecular flexibility index (Phi) is 13.3. The van der Waals surface area contributed by atoms with Crippen molar-refractivity contribution in [2.45, 2.75) is 95.5 Å². The Morgan fingerprint density at radius 2 is 1.68 bits per heavy atom. The first kappa shape index (κ1) is 22.6. The van der Waals surface area contributed by atoms with Gasteiger partial charge in [0.1, 0.15) is 24.4 Å². The predicted molar refractivity (Wildman–Crippen MR) is 99.6 cm³/mol. The van der Waals surface area contributed by atoms with Crippen molar-refractivity contribution in [1.82, 2.24) is 0 Å². The van der Waals surface area contributed by atoms with Gasteiger partial charge in [0.25, 0.3) is 0 Å². The second-order valence-electron chi connectivity index (χ2n) is 6.97. The first-order valence-corrected chi connectivity index (χ1v) is 10.1. The molecule has 3 N–H and O–H groups in total. The van der Waals surface area contributed by atoms with E-state index in [1.807, 2.05) is 0 Å². The van der Waals surface area contributed by atoms with Crippen molar-refractivity contribution in [2.75, 3.05) is 19.8 Å². The Morgan fingerprint density at radius 1 is 1.04 bits per heavy atom. The summed E-state index contributed by atoms with van der Waals surface area (Å²) in [6, 6.07) is 0. The highest BCUT2D eigenvalue weighted by molar-refractivity contribution is 4.89. The molecule has 148 valence electrons. The van der Waals surface area contributed by atoms with Crippen molar-refractivity contribution in [3.63, 3.8) is 0 Å². The molecule has 5 nitrogen and oxygen atoms in total. The standard InChI is InChI=1S/C20H38O5/c1-2-3-4-5-6-7-8-9-10-11-12-13-14-24-18-16-25-20(19(18)23)17(22)15-21/h10-11,17-23H,2-9,12-16H2,1H3/b11-10+/t17-,18+,19+,20+/m0/s1. The SMILES string of the molecule is CCCCCCCCC/C=C/CCCO[C@@H]1CO[C@H]([C@@H](O)CO)[C@@H]1O. The molecule has 0 aliphatic carbocycles. The van der Waals surface area contributed by atoms with Gasteiger partial charge in [0.15, 0.2) is 0 Å². The lowest BCUT2D eigenvalue weighted by molar-refractivity contribution is -0.0729. The Balaban J connectivity index is 1.93. The van der Waals surface area contributed by atoms with Crippen LogP contribution in [0.15, 0.2) is 12.2 Å². The molecule has 0 aromatic heterocycles. The van der Waals surface area contributed by atoms with Gasteiger partial charge in [-0.3, -0.25) is 0 Å². The van der Waals surface area contributed by atoms with E-state index in [1.165, 1.54) is 44.9 Å². The third kappa shape index (κ3) is 9.71. The summed E-state index contributed by atoms with van der Waals surface area (Å²) >= 11 is 0. The summed E-state index contributed by atoms with van der Waals surface area (Å²) in [5.74, 6) is 0. The van der Waals surface area contributed by atoms with Crippen LogP contribution in [0, 0.1) is 0 Å². The molecular weight excluding hydrogens is 320 g/mol. The first-order valence-electron chi connectivity index (χ1n) is 10.1. The number of rotatable bonds is 15. The Labute approximate surface area is 153 Å². The number of ether oxygens (including phenoxy) is 2. The fraction of sp³-hybridized carbons (Fsp3) is 0.900. The van der Waals surface area contributed by atoms with Crippen LogP contribution in [0.3, 0.4) is 0 Å². The minimum Gasteiger partial charge on any atom is -0.394 e. The zero-order valence-electron chi connectivity index (χ0n) is 15.8. The molecule has 0 saturated carbocycles. The number of allylic oxidation sites excluding steroid dienone is 2. The van der Waals surface area contributed by atoms with Crippen LogP contribution in [0.4, 0.5) is 0 Å². The predicted octanol–water partition coefficient (Wildman–Crippen LogP) is 2.96. The second-order valence-corrected chi connectivity index (χ2v) is 6.97. The smallest absolute Gasteiger partial charge is 0.114 e. The van der Waals surface area contributed by atoms with Gasteiger partial charge >= 0.3 is 0 Å². The summed E-state index contributed by atoms with van der Waals surface area (Å²) in [4.78, 5) is 0. The van der Waals surface area contributed by atoms with Gasteiger partial charge < -0.3 is 24.8 Å². The van der Waals surface area contributed by atoms with Crippen LogP contribution in [0.1, 0.15) is 71.1 Å². The lowest BCUT2D eigenvalue weighted by Gasteiger charge is -2.20. The minimum atomic E-state index is -1.06. The van der Waals surface area contributed by atoms with E-state index < -0.39 is 31.0 Å². The van der Waals surface area contributed by atoms with Crippen LogP contribution in [-0.4, -0.2) is 59.6 Å². The van der Waals surface area contributed by atoms with E-state index in [9.17, 15) is 10.2 Å². The number of aliphatic hydroxyl groups excluding tert-OH is 3. The molecule has 1 rings (SSSR count). The van der Waals surface area contributed by atoms with E-state index in [0.29, 0.717) is 6.61 Å². The fourth-order valence-corrected chi connectivity index (χ4v) is 3.09. The lowest BCUT2D eigenvalue weighted by Crippen LogP contribution is -2.41. The number of hydrogen-bond donors (Lipinski definition) is 3. The van der Waals surface area contributed by atoms with E-state index >= 15 is 0 Å². The second kappa shape index (κ2) is 14.7. The minimum absolute atomic E-state index is 0.261. The number of unbranched alkanes of at least 4 members (excludes halogenated alkanes) is 8. The van der Waals surface area contributed by atoms with E-state index in [2.05, 4.69) is 19.1 Å². The molecule has 0 amide bonds. The molecule has 25 heavy (non-hydrogen) atoms. The average molecular weight is 359 g/mol.